The number of hydrogen-bond donors (Lipinski definition) is 2. The van der Waals surface area contributed by atoms with Crippen LogP contribution in [0.25, 0.3) is 0 Å². The van der Waals surface area contributed by atoms with E-state index in [1.165, 1.54) is 0 Å². The van der Waals surface area contributed by atoms with Gasteiger partial charge in [-0.15, -0.1) is 24.8 Å². The lowest BCUT2D eigenvalue weighted by atomic mass is 10.1. The number of nitrogens with zero attached hydrogens (tertiary/aromatic N) is 2. The molecule has 1 aromatic carbocycles. The van der Waals surface area contributed by atoms with E-state index in [1.54, 1.807) is 12.1 Å². The molecule has 0 spiro atoms. The lowest BCUT2D eigenvalue weighted by Crippen LogP contribution is -2.48. The molecule has 1 aliphatic rings. The van der Waals surface area contributed by atoms with Crippen LogP contribution < -0.4 is 5.73 Å². The van der Waals surface area contributed by atoms with Crippen molar-refractivity contribution < 1.29 is 9.90 Å². The van der Waals surface area contributed by atoms with Gasteiger partial charge in [0.15, 0.2) is 0 Å². The molecule has 3 N–H and O–H groups in total. The van der Waals surface area contributed by atoms with Gasteiger partial charge in [0.05, 0.1) is 0 Å². The highest BCUT2D eigenvalue weighted by Gasteiger charge is 2.21. The number of piperazine rings is 1. The number of rotatable bonds is 5. The molecule has 23 heavy (non-hydrogen) atoms. The van der Waals surface area contributed by atoms with E-state index in [9.17, 15) is 9.90 Å². The molecule has 132 valence electrons. The van der Waals surface area contributed by atoms with Gasteiger partial charge in [0.25, 0.3) is 0 Å². The first kappa shape index (κ1) is 22.0. The minimum absolute atomic E-state index is 0. The van der Waals surface area contributed by atoms with Gasteiger partial charge in [0.1, 0.15) is 5.75 Å². The number of phenolic OH excluding ortho intramolecular Hbond substituents is 1. The Labute approximate surface area is 150 Å². The van der Waals surface area contributed by atoms with E-state index in [-0.39, 0.29) is 36.8 Å². The molecule has 1 fully saturated rings. The zero-order valence-corrected chi connectivity index (χ0v) is 15.1. The van der Waals surface area contributed by atoms with Crippen LogP contribution in [-0.4, -0.2) is 53.0 Å². The first-order valence-corrected chi connectivity index (χ1v) is 7.58. The van der Waals surface area contributed by atoms with Crippen molar-refractivity contribution in [3.05, 3.63) is 29.8 Å². The van der Waals surface area contributed by atoms with E-state index >= 15 is 0 Å². The molecule has 1 unspecified atom stereocenters. The van der Waals surface area contributed by atoms with Crippen LogP contribution in [0.2, 0.25) is 0 Å². The van der Waals surface area contributed by atoms with Gasteiger partial charge in [-0.2, -0.15) is 0 Å². The van der Waals surface area contributed by atoms with E-state index in [1.807, 2.05) is 24.0 Å². The van der Waals surface area contributed by atoms with Gasteiger partial charge in [-0.3, -0.25) is 9.69 Å². The van der Waals surface area contributed by atoms with E-state index in [2.05, 4.69) is 4.90 Å². The lowest BCUT2D eigenvalue weighted by Gasteiger charge is -2.35. The number of aromatic hydroxyl groups is 1. The Kier molecular flexibility index (Phi) is 10.2. The fraction of sp³-hybridized carbons (Fsp3) is 0.562. The highest BCUT2D eigenvalue weighted by Crippen LogP contribution is 2.14. The van der Waals surface area contributed by atoms with Gasteiger partial charge >= 0.3 is 0 Å². The van der Waals surface area contributed by atoms with Gasteiger partial charge in [0.2, 0.25) is 5.91 Å². The zero-order valence-electron chi connectivity index (χ0n) is 13.5. The Morgan fingerprint density at radius 3 is 2.48 bits per heavy atom. The summed E-state index contributed by atoms with van der Waals surface area (Å²) in [5.74, 6) is 0.515. The minimum Gasteiger partial charge on any atom is -0.508 e. The fourth-order valence-electron chi connectivity index (χ4n) is 2.58. The number of phenols is 1. The van der Waals surface area contributed by atoms with Gasteiger partial charge in [-0.05, 0) is 31.0 Å². The summed E-state index contributed by atoms with van der Waals surface area (Å²) in [7, 11) is 0. The highest BCUT2D eigenvalue weighted by atomic mass is 35.5. The van der Waals surface area contributed by atoms with Crippen molar-refractivity contribution in [1.29, 1.82) is 0 Å². The molecule has 1 aliphatic heterocycles. The van der Waals surface area contributed by atoms with Crippen LogP contribution in [0.4, 0.5) is 0 Å². The quantitative estimate of drug-likeness (QED) is 0.839. The van der Waals surface area contributed by atoms with Crippen molar-refractivity contribution in [2.24, 2.45) is 5.73 Å². The van der Waals surface area contributed by atoms with E-state index < -0.39 is 0 Å². The summed E-state index contributed by atoms with van der Waals surface area (Å²) in [6, 6.07) is 7.43. The SMILES string of the molecule is CC(N)CCC(=O)N1CCN(Cc2cccc(O)c2)CC1.Cl.Cl. The Morgan fingerprint density at radius 2 is 1.91 bits per heavy atom. The number of carbonyl (C=O) groups excluding carboxylic acids is 1. The van der Waals surface area contributed by atoms with Crippen LogP contribution in [-0.2, 0) is 11.3 Å². The molecular weight excluding hydrogens is 337 g/mol. The topological polar surface area (TPSA) is 69.8 Å². The molecule has 0 saturated carbocycles. The van der Waals surface area contributed by atoms with Gasteiger partial charge in [-0.1, -0.05) is 12.1 Å². The summed E-state index contributed by atoms with van der Waals surface area (Å²) >= 11 is 0. The molecule has 0 bridgehead atoms. The number of halogens is 2. The number of nitrogens with two attached hydrogens (primary N) is 1. The smallest absolute Gasteiger partial charge is 0.222 e. The van der Waals surface area contributed by atoms with Crippen LogP contribution in [0.3, 0.4) is 0 Å². The van der Waals surface area contributed by atoms with Crippen molar-refractivity contribution in [2.75, 3.05) is 26.2 Å². The molecule has 1 atom stereocenters. The molecule has 5 nitrogen and oxygen atoms in total. The average molecular weight is 364 g/mol. The van der Waals surface area contributed by atoms with Crippen LogP contribution >= 0.6 is 24.8 Å². The molecule has 2 rings (SSSR count). The normalized spacial score (nSPS) is 16.2. The van der Waals surface area contributed by atoms with Gasteiger partial charge < -0.3 is 15.7 Å². The third-order valence-electron chi connectivity index (χ3n) is 3.86. The summed E-state index contributed by atoms with van der Waals surface area (Å²) in [5.41, 5.74) is 6.79. The van der Waals surface area contributed by atoms with Gasteiger partial charge in [-0.25, -0.2) is 0 Å². The van der Waals surface area contributed by atoms with Crippen molar-refractivity contribution in [3.8, 4) is 5.75 Å². The van der Waals surface area contributed by atoms with Gasteiger partial charge in [0, 0.05) is 45.2 Å². The van der Waals surface area contributed by atoms with E-state index in [0.717, 1.165) is 44.7 Å². The maximum absolute atomic E-state index is 12.0. The van der Waals surface area contributed by atoms with E-state index in [0.29, 0.717) is 12.2 Å². The molecule has 1 heterocycles. The Hall–Kier alpha value is -1.01. The summed E-state index contributed by atoms with van der Waals surface area (Å²) < 4.78 is 0. The Balaban J connectivity index is 0.00000242. The number of hydrogen-bond acceptors (Lipinski definition) is 4. The van der Waals surface area contributed by atoms with Crippen molar-refractivity contribution >= 4 is 30.7 Å². The monoisotopic (exact) mass is 363 g/mol. The van der Waals surface area contributed by atoms with Crippen molar-refractivity contribution in [1.82, 2.24) is 9.80 Å². The number of amides is 1. The fourth-order valence-corrected chi connectivity index (χ4v) is 2.58. The summed E-state index contributed by atoms with van der Waals surface area (Å²) in [6.07, 6.45) is 1.30. The summed E-state index contributed by atoms with van der Waals surface area (Å²) in [4.78, 5) is 16.3. The predicted molar refractivity (Wildman–Crippen MR) is 97.3 cm³/mol. The highest BCUT2D eigenvalue weighted by molar-refractivity contribution is 5.85. The first-order chi connectivity index (χ1) is 10.0. The molecule has 1 saturated heterocycles. The largest absolute Gasteiger partial charge is 0.508 e. The van der Waals surface area contributed by atoms with E-state index in [4.69, 9.17) is 5.73 Å². The number of carbonyl (C=O) groups is 1. The summed E-state index contributed by atoms with van der Waals surface area (Å²) in [6.45, 7) is 6.04. The first-order valence-electron chi connectivity index (χ1n) is 7.58. The molecule has 7 heteroatoms. The molecule has 1 amide bonds. The minimum atomic E-state index is 0. The standard InChI is InChI=1S/C16H25N3O2.2ClH/c1-13(17)5-6-16(21)19-9-7-18(8-10-19)12-14-3-2-4-15(20)11-14;;/h2-4,11,13,20H,5-10,12,17H2,1H3;2*1H. The third kappa shape index (κ3) is 7.40. The van der Waals surface area contributed by atoms with Crippen LogP contribution in [0.1, 0.15) is 25.3 Å². The second-order valence-corrected chi connectivity index (χ2v) is 5.84. The maximum atomic E-state index is 12.0. The van der Waals surface area contributed by atoms with Crippen LogP contribution in [0.5, 0.6) is 5.75 Å². The lowest BCUT2D eigenvalue weighted by molar-refractivity contribution is -0.133. The Morgan fingerprint density at radius 1 is 1.26 bits per heavy atom. The molecule has 0 aliphatic carbocycles. The second kappa shape index (κ2) is 10.7. The maximum Gasteiger partial charge on any atom is 0.222 e. The molecule has 0 radical (unpaired) electrons. The van der Waals surface area contributed by atoms with Crippen LogP contribution in [0.15, 0.2) is 24.3 Å². The number of benzene rings is 1. The molecule has 1 aromatic rings. The average Bonchev–Trinajstić information content (AvgIpc) is 2.45. The molecular formula is C16H27Cl2N3O2. The molecule has 0 aromatic heterocycles. The van der Waals surface area contributed by atoms with Crippen LogP contribution in [0, 0.1) is 0 Å². The van der Waals surface area contributed by atoms with Crippen molar-refractivity contribution in [3.63, 3.8) is 0 Å². The predicted octanol–water partition coefficient (Wildman–Crippen LogP) is 2.01. The third-order valence-corrected chi connectivity index (χ3v) is 3.86. The zero-order chi connectivity index (χ0) is 15.2. The summed E-state index contributed by atoms with van der Waals surface area (Å²) in [5, 5.41) is 9.48. The second-order valence-electron chi connectivity index (χ2n) is 5.84. The van der Waals surface area contributed by atoms with Crippen molar-refractivity contribution in [2.45, 2.75) is 32.4 Å². The Bertz CT molecular complexity index is 478.